The predicted octanol–water partition coefficient (Wildman–Crippen LogP) is 3.80. The van der Waals surface area contributed by atoms with E-state index >= 15 is 0 Å². The van der Waals surface area contributed by atoms with Gasteiger partial charge < -0.3 is 14.7 Å². The molecule has 3 rings (SSSR count). The Labute approximate surface area is 177 Å². The van der Waals surface area contributed by atoms with Crippen molar-refractivity contribution in [1.29, 1.82) is 0 Å². The number of anilines is 1. The monoisotopic (exact) mass is 410 g/mol. The molecule has 0 bridgehead atoms. The maximum atomic E-state index is 13.5. The van der Waals surface area contributed by atoms with E-state index in [4.69, 9.17) is 4.74 Å². The van der Waals surface area contributed by atoms with Crippen LogP contribution in [-0.4, -0.2) is 35.7 Å². The number of aliphatic carboxylic acids is 1. The van der Waals surface area contributed by atoms with Gasteiger partial charge in [-0.2, -0.15) is 0 Å². The molecule has 160 valence electrons. The van der Waals surface area contributed by atoms with E-state index in [-0.39, 0.29) is 18.4 Å². The Kier molecular flexibility index (Phi) is 6.77. The second-order valence-electron chi connectivity index (χ2n) is 8.38. The van der Waals surface area contributed by atoms with Crippen molar-refractivity contribution in [2.45, 2.75) is 52.2 Å². The fourth-order valence-electron chi connectivity index (χ4n) is 3.59. The summed E-state index contributed by atoms with van der Waals surface area (Å²) >= 11 is 0. The first-order valence-corrected chi connectivity index (χ1v) is 10.4. The highest BCUT2D eigenvalue weighted by molar-refractivity contribution is 5.99. The van der Waals surface area contributed by atoms with Crippen LogP contribution in [0.5, 0.6) is 5.75 Å². The average molecular weight is 411 g/mol. The van der Waals surface area contributed by atoms with E-state index in [1.165, 1.54) is 5.56 Å². The van der Waals surface area contributed by atoms with Crippen LogP contribution < -0.4 is 15.0 Å². The zero-order valence-electron chi connectivity index (χ0n) is 18.0. The molecule has 30 heavy (non-hydrogen) atoms. The molecular weight excluding hydrogens is 380 g/mol. The fraction of sp³-hybridized carbons (Fsp3) is 0.417. The summed E-state index contributed by atoms with van der Waals surface area (Å²) in [5, 5.41) is 12.6. The van der Waals surface area contributed by atoms with Crippen LogP contribution in [0.4, 0.5) is 5.69 Å². The van der Waals surface area contributed by atoms with Crippen molar-refractivity contribution in [2.24, 2.45) is 5.92 Å². The highest BCUT2D eigenvalue weighted by atomic mass is 16.5. The van der Waals surface area contributed by atoms with Crippen molar-refractivity contribution in [3.05, 3.63) is 59.7 Å². The summed E-state index contributed by atoms with van der Waals surface area (Å²) in [4.78, 5) is 26.8. The molecule has 2 aromatic rings. The number of nitrogens with zero attached hydrogens (tertiary/aromatic N) is 1. The van der Waals surface area contributed by atoms with Crippen molar-refractivity contribution in [2.75, 3.05) is 11.5 Å². The third-order valence-electron chi connectivity index (χ3n) is 5.43. The minimum atomic E-state index is -0.976. The van der Waals surface area contributed by atoms with E-state index < -0.39 is 18.1 Å². The molecule has 0 saturated carbocycles. The van der Waals surface area contributed by atoms with Gasteiger partial charge in [0.1, 0.15) is 24.4 Å². The SMILES string of the molecule is CC(C)c1ccc(CN2C(=O)[C@H](N[C@H](C(=O)O)C(C)C)COc3ccccc32)cc1. The summed E-state index contributed by atoms with van der Waals surface area (Å²) in [5.74, 6) is -0.288. The van der Waals surface area contributed by atoms with Gasteiger partial charge in [0.05, 0.1) is 12.2 Å². The maximum Gasteiger partial charge on any atom is 0.320 e. The van der Waals surface area contributed by atoms with Crippen LogP contribution in [0.2, 0.25) is 0 Å². The van der Waals surface area contributed by atoms with Gasteiger partial charge in [-0.25, -0.2) is 0 Å². The second kappa shape index (κ2) is 9.30. The molecule has 0 aliphatic carbocycles. The van der Waals surface area contributed by atoms with Crippen molar-refractivity contribution in [1.82, 2.24) is 5.32 Å². The average Bonchev–Trinajstić information content (AvgIpc) is 2.83. The number of hydrogen-bond donors (Lipinski definition) is 2. The van der Waals surface area contributed by atoms with Crippen LogP contribution in [-0.2, 0) is 16.1 Å². The second-order valence-corrected chi connectivity index (χ2v) is 8.38. The fourth-order valence-corrected chi connectivity index (χ4v) is 3.59. The number of fused-ring (bicyclic) bond motifs is 1. The van der Waals surface area contributed by atoms with Crippen LogP contribution in [0.25, 0.3) is 0 Å². The number of ether oxygens (including phenoxy) is 1. The summed E-state index contributed by atoms with van der Waals surface area (Å²) in [7, 11) is 0. The van der Waals surface area contributed by atoms with Crippen molar-refractivity contribution in [3.8, 4) is 5.75 Å². The number of carboxylic acid groups (broad SMARTS) is 1. The number of rotatable bonds is 7. The summed E-state index contributed by atoms with van der Waals surface area (Å²) in [6, 6.07) is 14.1. The normalized spacial score (nSPS) is 17.5. The van der Waals surface area contributed by atoms with Crippen LogP contribution in [0.15, 0.2) is 48.5 Å². The highest BCUT2D eigenvalue weighted by Gasteiger charge is 2.35. The Bertz CT molecular complexity index is 892. The number of benzene rings is 2. The summed E-state index contributed by atoms with van der Waals surface area (Å²) < 4.78 is 5.89. The summed E-state index contributed by atoms with van der Waals surface area (Å²) in [6.07, 6.45) is 0. The lowest BCUT2D eigenvalue weighted by Crippen LogP contribution is -2.55. The molecule has 0 spiro atoms. The summed E-state index contributed by atoms with van der Waals surface area (Å²) in [5.41, 5.74) is 2.93. The molecule has 1 amide bonds. The number of hydrogen-bond acceptors (Lipinski definition) is 4. The number of carboxylic acids is 1. The van der Waals surface area contributed by atoms with E-state index in [9.17, 15) is 14.7 Å². The van der Waals surface area contributed by atoms with Gasteiger partial charge in [-0.15, -0.1) is 0 Å². The molecule has 0 aromatic heterocycles. The van der Waals surface area contributed by atoms with E-state index in [1.54, 1.807) is 4.90 Å². The molecule has 2 aromatic carbocycles. The number of nitrogens with one attached hydrogen (secondary N) is 1. The van der Waals surface area contributed by atoms with Gasteiger partial charge in [0.15, 0.2) is 0 Å². The first-order valence-electron chi connectivity index (χ1n) is 10.4. The van der Waals surface area contributed by atoms with Crippen LogP contribution in [0.3, 0.4) is 0 Å². The molecule has 2 N–H and O–H groups in total. The van der Waals surface area contributed by atoms with Gasteiger partial charge in [0.25, 0.3) is 0 Å². The number of carbonyl (C=O) groups is 2. The molecule has 0 saturated heterocycles. The Balaban J connectivity index is 1.90. The van der Waals surface area contributed by atoms with E-state index in [0.717, 1.165) is 5.56 Å². The third kappa shape index (κ3) is 4.82. The van der Waals surface area contributed by atoms with Crippen LogP contribution in [0.1, 0.15) is 44.7 Å². The lowest BCUT2D eigenvalue weighted by molar-refractivity contribution is -0.141. The van der Waals surface area contributed by atoms with Gasteiger partial charge in [0.2, 0.25) is 5.91 Å². The Hall–Kier alpha value is -2.86. The number of amides is 1. The van der Waals surface area contributed by atoms with Gasteiger partial charge in [-0.3, -0.25) is 14.9 Å². The number of carbonyl (C=O) groups excluding carboxylic acids is 1. The van der Waals surface area contributed by atoms with E-state index in [1.807, 2.05) is 50.2 Å². The van der Waals surface area contributed by atoms with Crippen molar-refractivity contribution >= 4 is 17.6 Å². The molecule has 6 heteroatoms. The van der Waals surface area contributed by atoms with Gasteiger partial charge in [-0.05, 0) is 35.1 Å². The Morgan fingerprint density at radius 1 is 1.13 bits per heavy atom. The standard InChI is InChI=1S/C24H30N2O4/c1-15(2)18-11-9-17(10-12-18)13-26-20-7-5-6-8-21(20)30-14-19(23(26)27)25-22(16(3)4)24(28)29/h5-12,15-16,19,22,25H,13-14H2,1-4H3,(H,28,29)/t19-,22+/m1/s1. The summed E-state index contributed by atoms with van der Waals surface area (Å²) in [6.45, 7) is 8.38. The van der Waals surface area contributed by atoms with Crippen LogP contribution in [0, 0.1) is 5.92 Å². The number of para-hydroxylation sites is 2. The molecule has 1 aliphatic heterocycles. The largest absolute Gasteiger partial charge is 0.489 e. The quantitative estimate of drug-likeness (QED) is 0.726. The zero-order chi connectivity index (χ0) is 21.8. The molecule has 2 atom stereocenters. The van der Waals surface area contributed by atoms with Gasteiger partial charge in [0, 0.05) is 0 Å². The third-order valence-corrected chi connectivity index (χ3v) is 5.43. The lowest BCUT2D eigenvalue weighted by Gasteiger charge is -2.28. The minimum absolute atomic E-state index is 0.0785. The zero-order valence-corrected chi connectivity index (χ0v) is 18.0. The van der Waals surface area contributed by atoms with Gasteiger partial charge in [-0.1, -0.05) is 64.1 Å². The Morgan fingerprint density at radius 2 is 1.80 bits per heavy atom. The van der Waals surface area contributed by atoms with Gasteiger partial charge >= 0.3 is 5.97 Å². The van der Waals surface area contributed by atoms with Crippen LogP contribution >= 0.6 is 0 Å². The molecule has 1 aliphatic rings. The lowest BCUT2D eigenvalue weighted by atomic mass is 10.0. The van der Waals surface area contributed by atoms with Crippen molar-refractivity contribution in [3.63, 3.8) is 0 Å². The molecular formula is C24H30N2O4. The van der Waals surface area contributed by atoms with Crippen molar-refractivity contribution < 1.29 is 19.4 Å². The predicted molar refractivity (Wildman–Crippen MR) is 117 cm³/mol. The topological polar surface area (TPSA) is 78.9 Å². The molecule has 0 radical (unpaired) electrons. The molecule has 1 heterocycles. The first-order chi connectivity index (χ1) is 14.3. The molecule has 0 fully saturated rings. The Morgan fingerprint density at radius 3 is 2.40 bits per heavy atom. The smallest absolute Gasteiger partial charge is 0.320 e. The van der Waals surface area contributed by atoms with E-state index in [2.05, 4.69) is 31.3 Å². The minimum Gasteiger partial charge on any atom is -0.489 e. The highest BCUT2D eigenvalue weighted by Crippen LogP contribution is 2.32. The van der Waals surface area contributed by atoms with E-state index in [0.29, 0.717) is 23.9 Å². The molecule has 0 unspecified atom stereocenters. The molecule has 6 nitrogen and oxygen atoms in total. The maximum absolute atomic E-state index is 13.5. The first kappa shape index (κ1) is 21.8.